The van der Waals surface area contributed by atoms with Gasteiger partial charge in [-0.05, 0) is 36.5 Å². The molecule has 1 aromatic rings. The zero-order valence-electron chi connectivity index (χ0n) is 11.4. The summed E-state index contributed by atoms with van der Waals surface area (Å²) in [4.78, 5) is 22.3. The summed E-state index contributed by atoms with van der Waals surface area (Å²) in [5, 5.41) is 14.3. The first-order valence-electron chi connectivity index (χ1n) is 6.99. The van der Waals surface area contributed by atoms with E-state index in [-0.39, 0.29) is 12.5 Å². The van der Waals surface area contributed by atoms with Crippen LogP contribution in [0.5, 0.6) is 0 Å². The van der Waals surface area contributed by atoms with E-state index in [9.17, 15) is 9.59 Å². The zero-order chi connectivity index (χ0) is 14.4. The standard InChI is InChI=1S/C15H20N2O3/c18-14(19)10-12-3-1-5-13(9-12)17-15(20)16-8-2-4-11-6-7-11/h1,3,5,9,11H,2,4,6-8,10H2,(H,18,19)(H2,16,17,20). The van der Waals surface area contributed by atoms with Crippen LogP contribution in [0.2, 0.25) is 0 Å². The largest absolute Gasteiger partial charge is 0.481 e. The molecular weight excluding hydrogens is 256 g/mol. The van der Waals surface area contributed by atoms with Crippen LogP contribution in [0.25, 0.3) is 0 Å². The maximum atomic E-state index is 11.7. The predicted molar refractivity (Wildman–Crippen MR) is 76.8 cm³/mol. The molecule has 20 heavy (non-hydrogen) atoms. The summed E-state index contributed by atoms with van der Waals surface area (Å²) in [7, 11) is 0. The van der Waals surface area contributed by atoms with Crippen molar-refractivity contribution in [2.75, 3.05) is 11.9 Å². The minimum absolute atomic E-state index is 0.0431. The van der Waals surface area contributed by atoms with E-state index in [1.165, 1.54) is 19.3 Å². The Bertz CT molecular complexity index is 484. The molecule has 0 heterocycles. The number of carboxylic acid groups (broad SMARTS) is 1. The number of carbonyl (C=O) groups excluding carboxylic acids is 1. The van der Waals surface area contributed by atoms with E-state index in [0.717, 1.165) is 12.3 Å². The Balaban J connectivity index is 1.73. The molecule has 0 aromatic heterocycles. The fourth-order valence-corrected chi connectivity index (χ4v) is 2.11. The first-order valence-corrected chi connectivity index (χ1v) is 6.99. The van der Waals surface area contributed by atoms with Crippen LogP contribution in [0, 0.1) is 5.92 Å². The Morgan fingerprint density at radius 3 is 2.80 bits per heavy atom. The van der Waals surface area contributed by atoms with Crippen molar-refractivity contribution in [3.8, 4) is 0 Å². The molecule has 0 spiro atoms. The lowest BCUT2D eigenvalue weighted by atomic mass is 10.1. The molecule has 1 aromatic carbocycles. The van der Waals surface area contributed by atoms with Crippen LogP contribution in [0.4, 0.5) is 10.5 Å². The van der Waals surface area contributed by atoms with Gasteiger partial charge in [0.05, 0.1) is 6.42 Å². The van der Waals surface area contributed by atoms with Gasteiger partial charge in [-0.3, -0.25) is 4.79 Å². The molecular formula is C15H20N2O3. The van der Waals surface area contributed by atoms with Crippen LogP contribution in [-0.2, 0) is 11.2 Å². The molecule has 2 rings (SSSR count). The van der Waals surface area contributed by atoms with Gasteiger partial charge in [0.15, 0.2) is 0 Å². The number of carboxylic acids is 1. The maximum absolute atomic E-state index is 11.7. The van der Waals surface area contributed by atoms with E-state index in [4.69, 9.17) is 5.11 Å². The van der Waals surface area contributed by atoms with Crippen molar-refractivity contribution in [2.24, 2.45) is 5.92 Å². The molecule has 0 unspecified atom stereocenters. The van der Waals surface area contributed by atoms with Crippen molar-refractivity contribution >= 4 is 17.7 Å². The van der Waals surface area contributed by atoms with Crippen molar-refractivity contribution in [1.82, 2.24) is 5.32 Å². The first-order chi connectivity index (χ1) is 9.63. The third-order valence-corrected chi connectivity index (χ3v) is 3.31. The van der Waals surface area contributed by atoms with Gasteiger partial charge in [-0.15, -0.1) is 0 Å². The second kappa shape index (κ2) is 6.93. The van der Waals surface area contributed by atoms with Gasteiger partial charge < -0.3 is 15.7 Å². The molecule has 1 saturated carbocycles. The monoisotopic (exact) mass is 276 g/mol. The molecule has 0 atom stereocenters. The van der Waals surface area contributed by atoms with E-state index in [0.29, 0.717) is 17.8 Å². The lowest BCUT2D eigenvalue weighted by Crippen LogP contribution is -2.29. The second-order valence-electron chi connectivity index (χ2n) is 5.24. The van der Waals surface area contributed by atoms with Crippen LogP contribution >= 0.6 is 0 Å². The van der Waals surface area contributed by atoms with Gasteiger partial charge in [0.25, 0.3) is 0 Å². The molecule has 0 bridgehead atoms. The minimum Gasteiger partial charge on any atom is -0.481 e. The molecule has 3 N–H and O–H groups in total. The maximum Gasteiger partial charge on any atom is 0.319 e. The quantitative estimate of drug-likeness (QED) is 0.670. The average Bonchev–Trinajstić information content (AvgIpc) is 3.18. The summed E-state index contributed by atoms with van der Waals surface area (Å²) < 4.78 is 0. The molecule has 1 aliphatic carbocycles. The lowest BCUT2D eigenvalue weighted by molar-refractivity contribution is -0.136. The Hall–Kier alpha value is -2.04. The highest BCUT2D eigenvalue weighted by Gasteiger charge is 2.20. The zero-order valence-corrected chi connectivity index (χ0v) is 11.4. The smallest absolute Gasteiger partial charge is 0.319 e. The highest BCUT2D eigenvalue weighted by atomic mass is 16.4. The molecule has 0 radical (unpaired) electrons. The van der Waals surface area contributed by atoms with Crippen LogP contribution in [0.3, 0.4) is 0 Å². The number of rotatable bonds is 7. The van der Waals surface area contributed by atoms with Gasteiger partial charge in [-0.2, -0.15) is 0 Å². The van der Waals surface area contributed by atoms with E-state index in [1.54, 1.807) is 24.3 Å². The SMILES string of the molecule is O=C(O)Cc1cccc(NC(=O)NCCCC2CC2)c1. The van der Waals surface area contributed by atoms with Gasteiger partial charge in [0.1, 0.15) is 0 Å². The molecule has 108 valence electrons. The van der Waals surface area contributed by atoms with Crippen molar-refractivity contribution in [3.63, 3.8) is 0 Å². The molecule has 5 nitrogen and oxygen atoms in total. The molecule has 1 aliphatic rings. The number of benzene rings is 1. The second-order valence-corrected chi connectivity index (χ2v) is 5.24. The highest BCUT2D eigenvalue weighted by Crippen LogP contribution is 2.33. The number of hydrogen-bond donors (Lipinski definition) is 3. The third kappa shape index (κ3) is 5.30. The van der Waals surface area contributed by atoms with Gasteiger partial charge >= 0.3 is 12.0 Å². The summed E-state index contributed by atoms with van der Waals surface area (Å²) in [5.74, 6) is -0.000705. The van der Waals surface area contributed by atoms with E-state index >= 15 is 0 Å². The number of amides is 2. The average molecular weight is 276 g/mol. The molecule has 5 heteroatoms. The summed E-state index contributed by atoms with van der Waals surface area (Å²) in [5.41, 5.74) is 1.28. The predicted octanol–water partition coefficient (Wildman–Crippen LogP) is 2.63. The normalized spacial score (nSPS) is 13.8. The summed E-state index contributed by atoms with van der Waals surface area (Å²) >= 11 is 0. The summed E-state index contributed by atoms with van der Waals surface area (Å²) in [6, 6.07) is 6.65. The third-order valence-electron chi connectivity index (χ3n) is 3.31. The Morgan fingerprint density at radius 2 is 2.10 bits per heavy atom. The lowest BCUT2D eigenvalue weighted by Gasteiger charge is -2.08. The topological polar surface area (TPSA) is 78.4 Å². The molecule has 0 saturated heterocycles. The van der Waals surface area contributed by atoms with Gasteiger partial charge in [-0.25, -0.2) is 4.79 Å². The van der Waals surface area contributed by atoms with Crippen LogP contribution in [-0.4, -0.2) is 23.7 Å². The van der Waals surface area contributed by atoms with Gasteiger partial charge in [0, 0.05) is 12.2 Å². The molecule has 0 aliphatic heterocycles. The number of aliphatic carboxylic acids is 1. The van der Waals surface area contributed by atoms with Crippen molar-refractivity contribution < 1.29 is 14.7 Å². The van der Waals surface area contributed by atoms with E-state index in [2.05, 4.69) is 10.6 Å². The van der Waals surface area contributed by atoms with Gasteiger partial charge in [0.2, 0.25) is 0 Å². The minimum atomic E-state index is -0.883. The fraction of sp³-hybridized carbons (Fsp3) is 0.467. The molecule has 1 fully saturated rings. The summed E-state index contributed by atoms with van der Waals surface area (Å²) in [6.07, 6.45) is 4.83. The Labute approximate surface area is 118 Å². The first kappa shape index (κ1) is 14.4. The highest BCUT2D eigenvalue weighted by molar-refractivity contribution is 5.89. The van der Waals surface area contributed by atoms with E-state index in [1.807, 2.05) is 0 Å². The number of urea groups is 1. The van der Waals surface area contributed by atoms with Crippen LogP contribution < -0.4 is 10.6 Å². The van der Waals surface area contributed by atoms with Crippen LogP contribution in [0.15, 0.2) is 24.3 Å². The number of anilines is 1. The Kier molecular flexibility index (Phi) is 4.98. The van der Waals surface area contributed by atoms with Crippen molar-refractivity contribution in [1.29, 1.82) is 0 Å². The Morgan fingerprint density at radius 1 is 1.30 bits per heavy atom. The fourth-order valence-electron chi connectivity index (χ4n) is 2.11. The van der Waals surface area contributed by atoms with E-state index < -0.39 is 5.97 Å². The number of hydrogen-bond acceptors (Lipinski definition) is 2. The summed E-state index contributed by atoms with van der Waals surface area (Å²) in [6.45, 7) is 0.678. The number of nitrogens with one attached hydrogen (secondary N) is 2. The van der Waals surface area contributed by atoms with Gasteiger partial charge in [-0.1, -0.05) is 25.0 Å². The molecule has 2 amide bonds. The van der Waals surface area contributed by atoms with Crippen molar-refractivity contribution in [3.05, 3.63) is 29.8 Å². The van der Waals surface area contributed by atoms with Crippen molar-refractivity contribution in [2.45, 2.75) is 32.1 Å². The number of carbonyl (C=O) groups is 2. The van der Waals surface area contributed by atoms with Crippen LogP contribution in [0.1, 0.15) is 31.2 Å².